The Hall–Kier alpha value is -3.54. The summed E-state index contributed by atoms with van der Waals surface area (Å²) in [6, 6.07) is 1.39. The lowest BCUT2D eigenvalue weighted by atomic mass is 9.98. The van der Waals surface area contributed by atoms with Crippen LogP contribution in [0.15, 0.2) is 23.3 Å². The molecule has 0 spiro atoms. The number of nitrogens with one attached hydrogen (secondary N) is 1. The number of carbonyl (C=O) groups excluding carboxylic acids is 3. The summed E-state index contributed by atoms with van der Waals surface area (Å²) >= 11 is 0. The van der Waals surface area contributed by atoms with Crippen molar-refractivity contribution in [1.29, 1.82) is 0 Å². The van der Waals surface area contributed by atoms with E-state index in [9.17, 15) is 28.8 Å². The van der Waals surface area contributed by atoms with E-state index in [1.807, 2.05) is 0 Å². The minimum Gasteiger partial charge on any atom is -0.438 e. The smallest absolute Gasteiger partial charge is 0.388 e. The van der Waals surface area contributed by atoms with Gasteiger partial charge >= 0.3 is 25.2 Å². The maximum absolute atomic E-state index is 13.7. The second-order valence-electron chi connectivity index (χ2n) is 12.1. The van der Waals surface area contributed by atoms with Crippen LogP contribution in [0.1, 0.15) is 54.7 Å². The number of aliphatic hydroxyl groups is 1. The first-order valence-electron chi connectivity index (χ1n) is 13.7. The van der Waals surface area contributed by atoms with E-state index in [0.717, 1.165) is 4.57 Å². The number of aromatic nitrogens is 5. The molecule has 4 unspecified atom stereocenters. The van der Waals surface area contributed by atoms with Crippen LogP contribution < -0.4 is 16.4 Å². The summed E-state index contributed by atoms with van der Waals surface area (Å²) in [4.78, 5) is 52.1. The Morgan fingerprint density at radius 2 is 1.64 bits per heavy atom. The lowest BCUT2D eigenvalue weighted by molar-refractivity contribution is -0.161. The molecule has 0 bridgehead atoms. The second-order valence-corrected chi connectivity index (χ2v) is 14.1. The lowest BCUT2D eigenvalue weighted by Gasteiger charge is -2.20. The summed E-state index contributed by atoms with van der Waals surface area (Å²) in [7, 11) is -3.06. The van der Waals surface area contributed by atoms with Gasteiger partial charge in [0.2, 0.25) is 19.5 Å². The topological polar surface area (TPSA) is 222 Å². The normalized spacial score (nSPS) is 20.6. The molecule has 3 rings (SSSR count). The Labute approximate surface area is 258 Å². The first-order chi connectivity index (χ1) is 20.9. The van der Waals surface area contributed by atoms with Gasteiger partial charge in [0.15, 0.2) is 11.7 Å². The van der Waals surface area contributed by atoms with Gasteiger partial charge in [-0.3, -0.25) is 32.6 Å². The molecule has 0 aliphatic carbocycles. The first-order valence-corrected chi connectivity index (χ1v) is 15.3. The van der Waals surface area contributed by atoms with Gasteiger partial charge in [-0.1, -0.05) is 5.21 Å². The highest BCUT2D eigenvalue weighted by molar-refractivity contribution is 7.61. The number of hydrogen-bond acceptors (Lipinski definition) is 15. The van der Waals surface area contributed by atoms with E-state index in [4.69, 9.17) is 28.0 Å². The summed E-state index contributed by atoms with van der Waals surface area (Å²) < 4.78 is 48.1. The fourth-order valence-electron chi connectivity index (χ4n) is 3.79. The Balaban J connectivity index is 1.78. The van der Waals surface area contributed by atoms with Crippen LogP contribution >= 0.6 is 7.60 Å². The average molecular weight is 659 g/mol. The van der Waals surface area contributed by atoms with Crippen molar-refractivity contribution < 1.29 is 52.1 Å². The predicted molar refractivity (Wildman–Crippen MR) is 154 cm³/mol. The Bertz CT molecular complexity index is 1440. The third-order valence-corrected chi connectivity index (χ3v) is 7.87. The van der Waals surface area contributed by atoms with E-state index in [1.54, 1.807) is 41.5 Å². The molecule has 18 nitrogen and oxygen atoms in total. The van der Waals surface area contributed by atoms with Gasteiger partial charge < -0.3 is 29.4 Å². The molecule has 2 aromatic rings. The molecular weight excluding hydrogens is 619 g/mol. The highest BCUT2D eigenvalue weighted by Crippen LogP contribution is 2.46. The third-order valence-electron chi connectivity index (χ3n) is 6.22. The molecule has 1 aliphatic heterocycles. The van der Waals surface area contributed by atoms with E-state index >= 15 is 0 Å². The average Bonchev–Trinajstić information content (AvgIpc) is 3.52. The number of amides is 1. The highest BCUT2D eigenvalue weighted by Gasteiger charge is 2.46. The summed E-state index contributed by atoms with van der Waals surface area (Å²) in [5.41, 5.74) is -2.82. The standard InChI is InChI=1S/C26H39N6O12P/c1-15(33)27-17-9-10-32(24(37)28-17)21-20(39-8)19(34)16(44-21)11-31-12-18(29-30-31)45(38,42-13-40-22(35)25(2,3)4)43-14-41-23(36)26(5,6)7/h9-10,12,16,19-21,34H,11,13-14H2,1-8H3,(H,27,28,33,37). The molecule has 1 fully saturated rings. The minimum absolute atomic E-state index is 0.0400. The van der Waals surface area contributed by atoms with Crippen molar-refractivity contribution in [3.63, 3.8) is 0 Å². The summed E-state index contributed by atoms with van der Waals surface area (Å²) in [6.07, 6.45) is -1.84. The van der Waals surface area contributed by atoms with E-state index in [0.29, 0.717) is 0 Å². The van der Waals surface area contributed by atoms with E-state index in [1.165, 1.54) is 37.2 Å². The van der Waals surface area contributed by atoms with Crippen LogP contribution in [-0.2, 0) is 53.5 Å². The van der Waals surface area contributed by atoms with Crippen LogP contribution in [0, 0.1) is 10.8 Å². The molecule has 45 heavy (non-hydrogen) atoms. The van der Waals surface area contributed by atoms with Crippen LogP contribution in [0.3, 0.4) is 0 Å². The minimum atomic E-state index is -4.39. The number of rotatable bonds is 12. The number of anilines is 1. The van der Waals surface area contributed by atoms with Crippen LogP contribution in [0.2, 0.25) is 0 Å². The fourth-order valence-corrected chi connectivity index (χ4v) is 4.94. The van der Waals surface area contributed by atoms with Gasteiger partial charge in [0.1, 0.15) is 24.1 Å². The second kappa shape index (κ2) is 14.3. The zero-order valence-electron chi connectivity index (χ0n) is 26.3. The van der Waals surface area contributed by atoms with Crippen LogP contribution in [0.25, 0.3) is 0 Å². The van der Waals surface area contributed by atoms with Crippen molar-refractivity contribution in [3.05, 3.63) is 28.9 Å². The fraction of sp³-hybridized carbons (Fsp3) is 0.654. The van der Waals surface area contributed by atoms with Crippen molar-refractivity contribution in [3.8, 4) is 0 Å². The molecule has 0 radical (unpaired) electrons. The zero-order chi connectivity index (χ0) is 33.7. The number of esters is 2. The van der Waals surface area contributed by atoms with Crippen LogP contribution in [0.5, 0.6) is 0 Å². The van der Waals surface area contributed by atoms with Gasteiger partial charge in [0, 0.05) is 20.2 Å². The maximum atomic E-state index is 13.7. The number of methoxy groups -OCH3 is 1. The van der Waals surface area contributed by atoms with Crippen molar-refractivity contribution in [1.82, 2.24) is 24.5 Å². The van der Waals surface area contributed by atoms with Crippen LogP contribution in [0.4, 0.5) is 5.82 Å². The van der Waals surface area contributed by atoms with Gasteiger partial charge in [-0.15, -0.1) is 5.10 Å². The molecule has 1 saturated heterocycles. The molecule has 1 aliphatic rings. The van der Waals surface area contributed by atoms with Gasteiger partial charge in [-0.05, 0) is 47.6 Å². The Kier molecular flexibility index (Phi) is 11.4. The number of ether oxygens (including phenoxy) is 4. The van der Waals surface area contributed by atoms with Gasteiger partial charge in [-0.2, -0.15) is 4.98 Å². The highest BCUT2D eigenvalue weighted by atomic mass is 31.2. The van der Waals surface area contributed by atoms with Crippen LogP contribution in [-0.4, -0.2) is 86.5 Å². The van der Waals surface area contributed by atoms with Gasteiger partial charge in [0.05, 0.1) is 23.6 Å². The largest absolute Gasteiger partial charge is 0.438 e. The Morgan fingerprint density at radius 1 is 1.07 bits per heavy atom. The molecule has 4 atom stereocenters. The molecule has 19 heteroatoms. The SMILES string of the molecule is COC1C(O)C(Cn2cc(P(=O)(OCOC(=O)C(C)(C)C)OCOC(=O)C(C)(C)C)nn2)OC1n1ccc(NC(C)=O)nc1=O. The molecule has 3 heterocycles. The molecule has 1 amide bonds. The van der Waals surface area contributed by atoms with E-state index < -0.39 is 80.1 Å². The van der Waals surface area contributed by atoms with Crippen molar-refractivity contribution in [2.75, 3.05) is 26.0 Å². The summed E-state index contributed by atoms with van der Waals surface area (Å²) in [6.45, 7) is 9.30. The van der Waals surface area contributed by atoms with Crippen molar-refractivity contribution >= 4 is 36.7 Å². The quantitative estimate of drug-likeness (QED) is 0.182. The molecule has 2 aromatic heterocycles. The molecule has 0 aromatic carbocycles. The zero-order valence-corrected chi connectivity index (χ0v) is 27.2. The number of aliphatic hydroxyl groups excluding tert-OH is 1. The molecule has 0 saturated carbocycles. The maximum Gasteiger partial charge on any atom is 0.388 e. The molecule has 250 valence electrons. The lowest BCUT2D eigenvalue weighted by Crippen LogP contribution is -2.37. The number of carbonyl (C=O) groups is 3. The van der Waals surface area contributed by atoms with Gasteiger partial charge in [0.25, 0.3) is 0 Å². The third kappa shape index (κ3) is 9.24. The Morgan fingerprint density at radius 3 is 2.13 bits per heavy atom. The monoisotopic (exact) mass is 658 g/mol. The molecular formula is C26H39N6O12P. The number of nitrogens with zero attached hydrogens (tertiary/aromatic N) is 5. The van der Waals surface area contributed by atoms with Crippen molar-refractivity contribution in [2.45, 2.75) is 79.6 Å². The van der Waals surface area contributed by atoms with E-state index in [-0.39, 0.29) is 17.8 Å². The summed E-state index contributed by atoms with van der Waals surface area (Å²) in [5, 5.41) is 21.1. The first kappa shape index (κ1) is 35.9. The number of hydrogen-bond donors (Lipinski definition) is 2. The summed E-state index contributed by atoms with van der Waals surface area (Å²) in [5.74, 6) is -1.64. The van der Waals surface area contributed by atoms with E-state index in [2.05, 4.69) is 20.6 Å². The molecule has 2 N–H and O–H groups in total. The van der Waals surface area contributed by atoms with Gasteiger partial charge in [-0.25, -0.2) is 9.48 Å². The van der Waals surface area contributed by atoms with Crippen molar-refractivity contribution in [2.24, 2.45) is 10.8 Å². The predicted octanol–water partition coefficient (Wildman–Crippen LogP) is 0.712.